The Morgan fingerprint density at radius 1 is 0.947 bits per heavy atom. The number of anilines is 1. The number of Topliss-reactive ketones (excluding diaryl/α,β-unsaturated/α-hetero) is 1. The summed E-state index contributed by atoms with van der Waals surface area (Å²) in [5, 5.41) is 15.3. The number of hydrogen-bond donors (Lipinski definition) is 1. The minimum Gasteiger partial charge on any atom is -0.507 e. The van der Waals surface area contributed by atoms with Gasteiger partial charge in [-0.2, -0.15) is 0 Å². The Labute approximate surface area is 219 Å². The van der Waals surface area contributed by atoms with Crippen LogP contribution in [0.25, 0.3) is 5.76 Å². The van der Waals surface area contributed by atoms with Crippen molar-refractivity contribution in [2.45, 2.75) is 26.3 Å². The minimum absolute atomic E-state index is 0.0604. The highest BCUT2D eigenvalue weighted by atomic mass is 16.5. The molecular formula is C30H26N2O6. The summed E-state index contributed by atoms with van der Waals surface area (Å²) in [6.45, 7) is 4.27. The van der Waals surface area contributed by atoms with E-state index in [9.17, 15) is 14.7 Å². The van der Waals surface area contributed by atoms with E-state index < -0.39 is 17.7 Å². The first-order valence-electron chi connectivity index (χ1n) is 12.3. The van der Waals surface area contributed by atoms with Gasteiger partial charge in [0.2, 0.25) is 0 Å². The van der Waals surface area contributed by atoms with Crippen molar-refractivity contribution in [3.63, 3.8) is 0 Å². The molecule has 1 aliphatic rings. The number of para-hydroxylation sites is 1. The van der Waals surface area contributed by atoms with Crippen molar-refractivity contribution in [1.82, 2.24) is 5.16 Å². The van der Waals surface area contributed by atoms with Gasteiger partial charge in [0, 0.05) is 11.6 Å². The van der Waals surface area contributed by atoms with Crippen LogP contribution in [0.1, 0.15) is 36.3 Å². The van der Waals surface area contributed by atoms with Crippen LogP contribution < -0.4 is 14.4 Å². The third kappa shape index (κ3) is 4.88. The van der Waals surface area contributed by atoms with Crippen LogP contribution in [0.4, 0.5) is 5.82 Å². The number of carbonyl (C=O) groups excluding carboxylic acids is 2. The minimum atomic E-state index is -0.963. The van der Waals surface area contributed by atoms with Gasteiger partial charge in [0.25, 0.3) is 5.78 Å². The van der Waals surface area contributed by atoms with Crippen molar-refractivity contribution in [1.29, 1.82) is 0 Å². The van der Waals surface area contributed by atoms with Gasteiger partial charge in [0.05, 0.1) is 18.2 Å². The first-order valence-corrected chi connectivity index (χ1v) is 12.3. The fraction of sp³-hybridized carbons (Fsp3) is 0.167. The Morgan fingerprint density at radius 2 is 1.68 bits per heavy atom. The van der Waals surface area contributed by atoms with E-state index in [4.69, 9.17) is 14.0 Å². The van der Waals surface area contributed by atoms with Crippen LogP contribution in [0.3, 0.4) is 0 Å². The highest BCUT2D eigenvalue weighted by Crippen LogP contribution is 2.43. The standard InChI is InChI=1S/C30H26N2O6/c1-3-16-36-22-14-12-20(13-15-22)28(33)26-27(32(30(35)29(26)34)25-17-19(2)38-31-25)21-8-7-11-24(18-21)37-23-9-5-4-6-10-23/h4-15,17-18,27,33H,3,16H2,1-2H3/b28-26+/t27-/m0/s1. The Bertz CT molecular complexity index is 1490. The number of ether oxygens (including phenoxy) is 2. The lowest BCUT2D eigenvalue weighted by Crippen LogP contribution is -2.29. The highest BCUT2D eigenvalue weighted by Gasteiger charge is 2.48. The second kappa shape index (κ2) is 10.6. The largest absolute Gasteiger partial charge is 0.507 e. The molecule has 1 saturated heterocycles. The summed E-state index contributed by atoms with van der Waals surface area (Å²) >= 11 is 0. The lowest BCUT2D eigenvalue weighted by molar-refractivity contribution is -0.132. The summed E-state index contributed by atoms with van der Waals surface area (Å²) in [5.41, 5.74) is 0.877. The summed E-state index contributed by atoms with van der Waals surface area (Å²) in [4.78, 5) is 27.9. The summed E-state index contributed by atoms with van der Waals surface area (Å²) in [5.74, 6) is 0.493. The number of benzene rings is 3. The third-order valence-corrected chi connectivity index (χ3v) is 6.06. The molecule has 0 spiro atoms. The van der Waals surface area contributed by atoms with E-state index in [2.05, 4.69) is 5.16 Å². The molecule has 4 aromatic rings. The zero-order valence-electron chi connectivity index (χ0n) is 21.0. The monoisotopic (exact) mass is 510 g/mol. The van der Waals surface area contributed by atoms with Crippen LogP contribution in [-0.4, -0.2) is 28.6 Å². The molecule has 1 amide bonds. The number of aryl methyl sites for hydroxylation is 1. The van der Waals surface area contributed by atoms with Gasteiger partial charge in [0.1, 0.15) is 28.8 Å². The number of aliphatic hydroxyl groups excluding tert-OH is 1. The first kappa shape index (κ1) is 24.8. The number of aromatic nitrogens is 1. The van der Waals surface area contributed by atoms with E-state index in [1.165, 1.54) is 4.90 Å². The molecule has 8 heteroatoms. The fourth-order valence-electron chi connectivity index (χ4n) is 4.31. The number of ketones is 1. The molecular weight excluding hydrogens is 484 g/mol. The molecule has 1 atom stereocenters. The topological polar surface area (TPSA) is 102 Å². The van der Waals surface area contributed by atoms with Gasteiger partial charge in [-0.3, -0.25) is 14.5 Å². The second-order valence-electron chi connectivity index (χ2n) is 8.83. The molecule has 0 bridgehead atoms. The second-order valence-corrected chi connectivity index (χ2v) is 8.83. The summed E-state index contributed by atoms with van der Waals surface area (Å²) in [7, 11) is 0. The zero-order valence-corrected chi connectivity index (χ0v) is 21.0. The van der Waals surface area contributed by atoms with Crippen molar-refractivity contribution < 1.29 is 28.7 Å². The van der Waals surface area contributed by atoms with Gasteiger partial charge in [-0.05, 0) is 67.4 Å². The van der Waals surface area contributed by atoms with E-state index in [1.54, 1.807) is 61.5 Å². The van der Waals surface area contributed by atoms with Crippen LogP contribution in [0.2, 0.25) is 0 Å². The number of hydrogen-bond acceptors (Lipinski definition) is 7. The van der Waals surface area contributed by atoms with Crippen LogP contribution >= 0.6 is 0 Å². The Balaban J connectivity index is 1.60. The van der Waals surface area contributed by atoms with Crippen molar-refractivity contribution in [3.05, 3.63) is 107 Å². The number of nitrogens with zero attached hydrogens (tertiary/aromatic N) is 2. The molecule has 1 fully saturated rings. The summed E-state index contributed by atoms with van der Waals surface area (Å²) < 4.78 is 16.8. The van der Waals surface area contributed by atoms with E-state index in [1.807, 2.05) is 37.3 Å². The third-order valence-electron chi connectivity index (χ3n) is 6.06. The molecule has 2 heterocycles. The number of rotatable bonds is 8. The van der Waals surface area contributed by atoms with Gasteiger partial charge in [-0.15, -0.1) is 0 Å². The predicted molar refractivity (Wildman–Crippen MR) is 141 cm³/mol. The lowest BCUT2D eigenvalue weighted by Gasteiger charge is -2.23. The molecule has 38 heavy (non-hydrogen) atoms. The van der Waals surface area contributed by atoms with Gasteiger partial charge in [0.15, 0.2) is 5.82 Å². The van der Waals surface area contributed by atoms with Gasteiger partial charge in [-0.1, -0.05) is 42.4 Å². The van der Waals surface area contributed by atoms with Crippen LogP contribution in [0.5, 0.6) is 17.2 Å². The Morgan fingerprint density at radius 3 is 2.37 bits per heavy atom. The molecule has 8 nitrogen and oxygen atoms in total. The molecule has 0 saturated carbocycles. The van der Waals surface area contributed by atoms with Crippen LogP contribution in [-0.2, 0) is 9.59 Å². The van der Waals surface area contributed by atoms with Gasteiger partial charge >= 0.3 is 5.91 Å². The molecule has 1 aromatic heterocycles. The summed E-state index contributed by atoms with van der Waals surface area (Å²) in [6, 6.07) is 23.6. The zero-order chi connectivity index (χ0) is 26.6. The number of amides is 1. The fourth-order valence-corrected chi connectivity index (χ4v) is 4.31. The van der Waals surface area contributed by atoms with E-state index in [0.29, 0.717) is 40.7 Å². The molecule has 192 valence electrons. The average Bonchev–Trinajstić information content (AvgIpc) is 3.48. The lowest BCUT2D eigenvalue weighted by atomic mass is 9.95. The highest BCUT2D eigenvalue weighted by molar-refractivity contribution is 6.51. The molecule has 0 radical (unpaired) electrons. The van der Waals surface area contributed by atoms with Gasteiger partial charge < -0.3 is 19.1 Å². The van der Waals surface area contributed by atoms with Crippen LogP contribution in [0, 0.1) is 6.92 Å². The van der Waals surface area contributed by atoms with E-state index in [-0.39, 0.29) is 17.2 Å². The maximum absolute atomic E-state index is 13.4. The molecule has 0 unspecified atom stereocenters. The molecule has 0 aliphatic carbocycles. The Hall–Kier alpha value is -4.85. The predicted octanol–water partition coefficient (Wildman–Crippen LogP) is 6.19. The molecule has 1 aliphatic heterocycles. The normalized spacial score (nSPS) is 16.6. The number of aliphatic hydroxyl groups is 1. The average molecular weight is 511 g/mol. The number of carbonyl (C=O) groups is 2. The van der Waals surface area contributed by atoms with Gasteiger partial charge in [-0.25, -0.2) is 0 Å². The molecule has 3 aromatic carbocycles. The van der Waals surface area contributed by atoms with E-state index in [0.717, 1.165) is 6.42 Å². The SMILES string of the molecule is CCCOc1ccc(/C(O)=C2\C(=O)C(=O)N(c3cc(C)on3)[C@H]2c2cccc(Oc3ccccc3)c2)cc1. The molecule has 5 rings (SSSR count). The quantitative estimate of drug-likeness (QED) is 0.171. The van der Waals surface area contributed by atoms with E-state index >= 15 is 0 Å². The van der Waals surface area contributed by atoms with Crippen LogP contribution in [0.15, 0.2) is 95.0 Å². The van der Waals surface area contributed by atoms with Crippen molar-refractivity contribution in [2.75, 3.05) is 11.5 Å². The van der Waals surface area contributed by atoms with Crippen molar-refractivity contribution in [2.24, 2.45) is 0 Å². The maximum atomic E-state index is 13.4. The summed E-state index contributed by atoms with van der Waals surface area (Å²) in [6.07, 6.45) is 0.861. The van der Waals surface area contributed by atoms with Crippen molar-refractivity contribution in [3.8, 4) is 17.2 Å². The maximum Gasteiger partial charge on any atom is 0.301 e. The molecule has 1 N–H and O–H groups in total. The van der Waals surface area contributed by atoms with Crippen molar-refractivity contribution >= 4 is 23.3 Å². The smallest absolute Gasteiger partial charge is 0.301 e. The first-order chi connectivity index (χ1) is 18.5. The Kier molecular flexibility index (Phi) is 6.95.